The van der Waals surface area contributed by atoms with Crippen LogP contribution >= 0.6 is 15.9 Å². The Morgan fingerprint density at radius 1 is 1.60 bits per heavy atom. The number of hydrogen-bond donors (Lipinski definition) is 1. The van der Waals surface area contributed by atoms with Gasteiger partial charge in [-0.25, -0.2) is 0 Å². The summed E-state index contributed by atoms with van der Waals surface area (Å²) < 4.78 is 6.18. The highest BCUT2D eigenvalue weighted by molar-refractivity contribution is 9.10. The molecular weight excluding hydrogens is 254 g/mol. The molecule has 0 spiro atoms. The molecule has 0 aliphatic heterocycles. The minimum atomic E-state index is 0.452. The smallest absolute Gasteiger partial charge is 0.173 e. The van der Waals surface area contributed by atoms with E-state index in [2.05, 4.69) is 34.2 Å². The summed E-state index contributed by atoms with van der Waals surface area (Å²) in [5.74, 6) is 0.913. The maximum absolute atomic E-state index is 5.30. The van der Waals surface area contributed by atoms with Crippen molar-refractivity contribution >= 4 is 15.9 Å². The zero-order chi connectivity index (χ0) is 10.7. The van der Waals surface area contributed by atoms with Crippen LogP contribution in [0.3, 0.4) is 0 Å². The van der Waals surface area contributed by atoms with E-state index in [1.807, 2.05) is 0 Å². The third kappa shape index (κ3) is 2.64. The fourth-order valence-electron chi connectivity index (χ4n) is 2.18. The maximum Gasteiger partial charge on any atom is 0.173 e. The summed E-state index contributed by atoms with van der Waals surface area (Å²) in [6.45, 7) is 3.16. The van der Waals surface area contributed by atoms with Gasteiger partial charge >= 0.3 is 0 Å². The van der Waals surface area contributed by atoms with Crippen LogP contribution in [0.1, 0.15) is 44.2 Å². The first-order chi connectivity index (χ1) is 7.31. The van der Waals surface area contributed by atoms with E-state index in [9.17, 15) is 0 Å². The molecule has 0 aromatic carbocycles. The molecule has 0 saturated heterocycles. The van der Waals surface area contributed by atoms with Crippen LogP contribution in [0, 0.1) is 5.92 Å². The molecule has 2 nitrogen and oxygen atoms in total. The third-order valence-corrected chi connectivity index (χ3v) is 3.91. The standard InChI is InChI=1S/C12H18BrNO/c1-2-14-11(8-9-4-3-5-9)10-6-7-15-12(10)13/h6-7,9,11,14H,2-5,8H2,1H3. The summed E-state index contributed by atoms with van der Waals surface area (Å²) in [6.07, 6.45) is 7.21. The number of furan rings is 1. The molecule has 1 fully saturated rings. The molecule has 1 aromatic rings. The van der Waals surface area contributed by atoms with E-state index in [1.54, 1.807) is 6.26 Å². The Bertz CT molecular complexity index is 306. The second-order valence-corrected chi connectivity index (χ2v) is 5.01. The molecule has 1 atom stereocenters. The van der Waals surface area contributed by atoms with Crippen LogP contribution in [0.2, 0.25) is 0 Å². The summed E-state index contributed by atoms with van der Waals surface area (Å²) in [4.78, 5) is 0. The molecule has 3 heteroatoms. The van der Waals surface area contributed by atoms with Gasteiger partial charge in [-0.3, -0.25) is 0 Å². The fourth-order valence-corrected chi connectivity index (χ4v) is 2.70. The summed E-state index contributed by atoms with van der Waals surface area (Å²) in [7, 11) is 0. The minimum Gasteiger partial charge on any atom is -0.457 e. The van der Waals surface area contributed by atoms with Gasteiger partial charge in [0, 0.05) is 11.6 Å². The first-order valence-electron chi connectivity index (χ1n) is 5.77. The number of rotatable bonds is 5. The van der Waals surface area contributed by atoms with Gasteiger partial charge in [-0.15, -0.1) is 0 Å². The highest BCUT2D eigenvalue weighted by Crippen LogP contribution is 2.36. The highest BCUT2D eigenvalue weighted by atomic mass is 79.9. The van der Waals surface area contributed by atoms with Crippen LogP contribution in [-0.2, 0) is 0 Å². The van der Waals surface area contributed by atoms with Crippen molar-refractivity contribution in [2.45, 2.75) is 38.6 Å². The molecule has 1 aromatic heterocycles. The van der Waals surface area contributed by atoms with Crippen molar-refractivity contribution in [1.82, 2.24) is 5.32 Å². The molecule has 0 amide bonds. The Morgan fingerprint density at radius 2 is 2.40 bits per heavy atom. The van der Waals surface area contributed by atoms with Crippen LogP contribution in [0.25, 0.3) is 0 Å². The maximum atomic E-state index is 5.30. The molecule has 1 saturated carbocycles. The number of hydrogen-bond acceptors (Lipinski definition) is 2. The van der Waals surface area contributed by atoms with E-state index in [0.717, 1.165) is 17.1 Å². The van der Waals surface area contributed by atoms with Gasteiger partial charge < -0.3 is 9.73 Å². The molecule has 2 rings (SSSR count). The molecular formula is C12H18BrNO. The summed E-state index contributed by atoms with van der Waals surface area (Å²) in [5.41, 5.74) is 1.27. The van der Waals surface area contributed by atoms with Crippen LogP contribution < -0.4 is 5.32 Å². The normalized spacial score (nSPS) is 18.8. The average molecular weight is 272 g/mol. The Morgan fingerprint density at radius 3 is 2.87 bits per heavy atom. The predicted octanol–water partition coefficient (Wildman–Crippen LogP) is 3.88. The second-order valence-electron chi connectivity index (χ2n) is 4.29. The van der Waals surface area contributed by atoms with Crippen LogP contribution in [-0.4, -0.2) is 6.54 Å². The van der Waals surface area contributed by atoms with E-state index in [1.165, 1.54) is 31.2 Å². The van der Waals surface area contributed by atoms with Crippen molar-refractivity contribution < 1.29 is 4.42 Å². The Hall–Kier alpha value is -0.280. The lowest BCUT2D eigenvalue weighted by molar-refractivity contribution is 0.261. The molecule has 0 bridgehead atoms. The quantitative estimate of drug-likeness (QED) is 0.879. The lowest BCUT2D eigenvalue weighted by atomic mass is 9.80. The van der Waals surface area contributed by atoms with Gasteiger partial charge in [0.15, 0.2) is 4.67 Å². The number of halogens is 1. The Balaban J connectivity index is 2.01. The predicted molar refractivity (Wildman–Crippen MR) is 64.8 cm³/mol. The second kappa shape index (κ2) is 5.17. The van der Waals surface area contributed by atoms with Crippen LogP contribution in [0.5, 0.6) is 0 Å². The monoisotopic (exact) mass is 271 g/mol. The van der Waals surface area contributed by atoms with Gasteiger partial charge in [0.05, 0.1) is 6.26 Å². The first-order valence-corrected chi connectivity index (χ1v) is 6.56. The zero-order valence-electron chi connectivity index (χ0n) is 9.13. The Labute approximate surface area is 99.6 Å². The van der Waals surface area contributed by atoms with E-state index in [0.29, 0.717) is 6.04 Å². The molecule has 1 aliphatic carbocycles. The molecule has 1 aliphatic rings. The van der Waals surface area contributed by atoms with Gasteiger partial charge in [0.2, 0.25) is 0 Å². The first kappa shape index (κ1) is 11.2. The molecule has 84 valence electrons. The fraction of sp³-hybridized carbons (Fsp3) is 0.667. The molecule has 1 unspecified atom stereocenters. The lowest BCUT2D eigenvalue weighted by Gasteiger charge is -2.29. The summed E-state index contributed by atoms with van der Waals surface area (Å²) in [5, 5.41) is 3.53. The zero-order valence-corrected chi connectivity index (χ0v) is 10.7. The Kier molecular flexibility index (Phi) is 3.87. The molecule has 15 heavy (non-hydrogen) atoms. The van der Waals surface area contributed by atoms with Gasteiger partial charge in [0.25, 0.3) is 0 Å². The molecule has 1 heterocycles. The van der Waals surface area contributed by atoms with Crippen LogP contribution in [0.4, 0.5) is 0 Å². The van der Waals surface area contributed by atoms with E-state index in [4.69, 9.17) is 4.42 Å². The van der Waals surface area contributed by atoms with Crippen molar-refractivity contribution in [3.8, 4) is 0 Å². The largest absolute Gasteiger partial charge is 0.457 e. The molecule has 1 N–H and O–H groups in total. The topological polar surface area (TPSA) is 25.2 Å². The van der Waals surface area contributed by atoms with E-state index >= 15 is 0 Å². The minimum absolute atomic E-state index is 0.452. The van der Waals surface area contributed by atoms with E-state index in [-0.39, 0.29) is 0 Å². The van der Waals surface area contributed by atoms with Gasteiger partial charge in [-0.2, -0.15) is 0 Å². The SMILES string of the molecule is CCNC(CC1CCC1)c1ccoc1Br. The number of nitrogens with one attached hydrogen (secondary N) is 1. The highest BCUT2D eigenvalue weighted by Gasteiger charge is 2.24. The van der Waals surface area contributed by atoms with Crippen molar-refractivity contribution in [3.63, 3.8) is 0 Å². The average Bonchev–Trinajstić information content (AvgIpc) is 2.56. The van der Waals surface area contributed by atoms with Gasteiger partial charge in [0.1, 0.15) is 0 Å². The van der Waals surface area contributed by atoms with Crippen molar-refractivity contribution in [2.24, 2.45) is 5.92 Å². The third-order valence-electron chi connectivity index (χ3n) is 3.27. The lowest BCUT2D eigenvalue weighted by Crippen LogP contribution is -2.25. The van der Waals surface area contributed by atoms with Crippen LogP contribution in [0.15, 0.2) is 21.4 Å². The van der Waals surface area contributed by atoms with E-state index < -0.39 is 0 Å². The van der Waals surface area contributed by atoms with Crippen molar-refractivity contribution in [1.29, 1.82) is 0 Å². The van der Waals surface area contributed by atoms with Crippen molar-refractivity contribution in [3.05, 3.63) is 22.6 Å². The molecule has 0 radical (unpaired) electrons. The van der Waals surface area contributed by atoms with Gasteiger partial charge in [-0.05, 0) is 40.9 Å². The summed E-state index contributed by atoms with van der Waals surface area (Å²) in [6, 6.07) is 2.52. The summed E-state index contributed by atoms with van der Waals surface area (Å²) >= 11 is 3.46. The van der Waals surface area contributed by atoms with Gasteiger partial charge in [-0.1, -0.05) is 26.2 Å². The van der Waals surface area contributed by atoms with Crippen molar-refractivity contribution in [2.75, 3.05) is 6.54 Å².